The molecule has 1 heterocycles. The van der Waals surface area contributed by atoms with E-state index < -0.39 is 5.97 Å². The van der Waals surface area contributed by atoms with Gasteiger partial charge in [-0.05, 0) is 43.9 Å². The van der Waals surface area contributed by atoms with Gasteiger partial charge in [-0.2, -0.15) is 0 Å². The second-order valence-electron chi connectivity index (χ2n) is 6.84. The maximum atomic E-state index is 12.5. The summed E-state index contributed by atoms with van der Waals surface area (Å²) in [4.78, 5) is 25.1. The van der Waals surface area contributed by atoms with Crippen molar-refractivity contribution in [1.82, 2.24) is 4.90 Å². The van der Waals surface area contributed by atoms with Gasteiger partial charge in [0.25, 0.3) is 0 Å². The van der Waals surface area contributed by atoms with Crippen LogP contribution in [0.2, 0.25) is 0 Å². The van der Waals surface area contributed by atoms with Crippen LogP contribution in [0.4, 0.5) is 0 Å². The van der Waals surface area contributed by atoms with Gasteiger partial charge in [0, 0.05) is 25.9 Å². The van der Waals surface area contributed by atoms with Gasteiger partial charge in [0.1, 0.15) is 0 Å². The lowest BCUT2D eigenvalue weighted by atomic mass is 9.91. The first-order valence-corrected chi connectivity index (χ1v) is 8.64. The summed E-state index contributed by atoms with van der Waals surface area (Å²) < 4.78 is 0. The van der Waals surface area contributed by atoms with Gasteiger partial charge in [0.05, 0.1) is 0 Å². The summed E-state index contributed by atoms with van der Waals surface area (Å²) in [7, 11) is 0. The van der Waals surface area contributed by atoms with Gasteiger partial charge in [-0.15, -0.1) is 0 Å². The van der Waals surface area contributed by atoms with Crippen LogP contribution in [0.15, 0.2) is 0 Å². The van der Waals surface area contributed by atoms with Crippen LogP contribution in [0.5, 0.6) is 0 Å². The molecule has 1 N–H and O–H groups in total. The van der Waals surface area contributed by atoms with Crippen LogP contribution in [0.1, 0.15) is 70.6 Å². The number of nitrogens with zero attached hydrogens (tertiary/aromatic N) is 1. The molecule has 0 aromatic carbocycles. The number of rotatable bonds is 5. The minimum Gasteiger partial charge on any atom is -0.481 e. The maximum Gasteiger partial charge on any atom is 0.303 e. The molecule has 2 fully saturated rings. The van der Waals surface area contributed by atoms with Crippen molar-refractivity contribution in [2.45, 2.75) is 70.6 Å². The molecule has 1 amide bonds. The quantitative estimate of drug-likeness (QED) is 0.790. The fraction of sp³-hybridized carbons (Fsp3) is 0.882. The second-order valence-corrected chi connectivity index (χ2v) is 6.84. The van der Waals surface area contributed by atoms with E-state index in [1.807, 2.05) is 4.90 Å². The van der Waals surface area contributed by atoms with E-state index in [0.29, 0.717) is 30.6 Å². The molecule has 21 heavy (non-hydrogen) atoms. The number of carboxylic acids is 1. The second kappa shape index (κ2) is 8.40. The third-order valence-electron chi connectivity index (χ3n) is 5.08. The summed E-state index contributed by atoms with van der Waals surface area (Å²) in [5.41, 5.74) is 0. The first-order chi connectivity index (χ1) is 10.1. The van der Waals surface area contributed by atoms with Crippen molar-refractivity contribution in [3.63, 3.8) is 0 Å². The van der Waals surface area contributed by atoms with Gasteiger partial charge in [0.2, 0.25) is 5.91 Å². The summed E-state index contributed by atoms with van der Waals surface area (Å²) in [6.07, 6.45) is 11.4. The Balaban J connectivity index is 1.76. The van der Waals surface area contributed by atoms with E-state index in [0.717, 1.165) is 25.9 Å². The number of carbonyl (C=O) groups excluding carboxylic acids is 1. The molecular weight excluding hydrogens is 266 g/mol. The highest BCUT2D eigenvalue weighted by Crippen LogP contribution is 2.27. The molecule has 4 heteroatoms. The SMILES string of the molecule is O=C(O)CCC1CCCN(C(=O)CC2CCCCCC2)C1. The Labute approximate surface area is 127 Å². The zero-order valence-electron chi connectivity index (χ0n) is 13.1. The third-order valence-corrected chi connectivity index (χ3v) is 5.08. The zero-order valence-corrected chi connectivity index (χ0v) is 13.1. The number of carbonyl (C=O) groups is 2. The Morgan fingerprint density at radius 3 is 2.29 bits per heavy atom. The summed E-state index contributed by atoms with van der Waals surface area (Å²) in [5, 5.41) is 8.78. The Morgan fingerprint density at radius 2 is 1.62 bits per heavy atom. The van der Waals surface area contributed by atoms with Gasteiger partial charge in [0.15, 0.2) is 0 Å². The van der Waals surface area contributed by atoms with E-state index in [-0.39, 0.29) is 6.42 Å². The van der Waals surface area contributed by atoms with E-state index in [9.17, 15) is 9.59 Å². The van der Waals surface area contributed by atoms with Crippen LogP contribution in [-0.2, 0) is 9.59 Å². The van der Waals surface area contributed by atoms with E-state index >= 15 is 0 Å². The number of carboxylic acid groups (broad SMARTS) is 1. The zero-order chi connectivity index (χ0) is 15.1. The van der Waals surface area contributed by atoms with Crippen LogP contribution in [0.25, 0.3) is 0 Å². The molecular formula is C17H29NO3. The van der Waals surface area contributed by atoms with Crippen LogP contribution < -0.4 is 0 Å². The van der Waals surface area contributed by atoms with Crippen LogP contribution in [-0.4, -0.2) is 35.0 Å². The smallest absolute Gasteiger partial charge is 0.303 e. The molecule has 2 rings (SSSR count). The van der Waals surface area contributed by atoms with Gasteiger partial charge in [-0.25, -0.2) is 0 Å². The van der Waals surface area contributed by atoms with Crippen molar-refractivity contribution in [1.29, 1.82) is 0 Å². The topological polar surface area (TPSA) is 57.6 Å². The molecule has 0 spiro atoms. The summed E-state index contributed by atoms with van der Waals surface area (Å²) >= 11 is 0. The minimum atomic E-state index is -0.725. The predicted octanol–water partition coefficient (Wildman–Crippen LogP) is 3.45. The van der Waals surface area contributed by atoms with E-state index in [4.69, 9.17) is 5.11 Å². The predicted molar refractivity (Wildman–Crippen MR) is 82.0 cm³/mol. The minimum absolute atomic E-state index is 0.231. The molecule has 0 radical (unpaired) electrons. The standard InChI is InChI=1S/C17H29NO3/c19-16(12-14-6-3-1-2-4-7-14)18-11-5-8-15(13-18)9-10-17(20)21/h14-15H,1-13H2,(H,20,21). The first-order valence-electron chi connectivity index (χ1n) is 8.64. The summed E-state index contributed by atoms with van der Waals surface area (Å²) in [6, 6.07) is 0. The molecule has 1 aliphatic carbocycles. The van der Waals surface area contributed by atoms with Gasteiger partial charge in [-0.3, -0.25) is 9.59 Å². The lowest BCUT2D eigenvalue weighted by Crippen LogP contribution is -2.40. The molecule has 1 saturated carbocycles. The van der Waals surface area contributed by atoms with Crippen LogP contribution in [0.3, 0.4) is 0 Å². The van der Waals surface area contributed by atoms with Crippen LogP contribution >= 0.6 is 0 Å². The fourth-order valence-corrected chi connectivity index (χ4v) is 3.80. The van der Waals surface area contributed by atoms with Gasteiger partial charge < -0.3 is 10.0 Å². The number of likely N-dealkylation sites (tertiary alicyclic amines) is 1. The Hall–Kier alpha value is -1.06. The number of amides is 1. The normalized spacial score (nSPS) is 24.6. The third kappa shape index (κ3) is 5.68. The van der Waals surface area contributed by atoms with E-state index in [2.05, 4.69) is 0 Å². The Bertz CT molecular complexity index is 348. The number of hydrogen-bond acceptors (Lipinski definition) is 2. The summed E-state index contributed by atoms with van der Waals surface area (Å²) in [5.74, 6) is 0.547. The van der Waals surface area contributed by atoms with Crippen LogP contribution in [0, 0.1) is 11.8 Å². The molecule has 2 aliphatic rings. The Kier molecular flexibility index (Phi) is 6.52. The maximum absolute atomic E-state index is 12.5. The lowest BCUT2D eigenvalue weighted by Gasteiger charge is -2.33. The molecule has 0 aromatic heterocycles. The average Bonchev–Trinajstić information content (AvgIpc) is 2.74. The molecule has 1 unspecified atom stereocenters. The Morgan fingerprint density at radius 1 is 0.952 bits per heavy atom. The van der Waals surface area contributed by atoms with E-state index in [1.165, 1.54) is 38.5 Å². The fourth-order valence-electron chi connectivity index (χ4n) is 3.80. The molecule has 1 saturated heterocycles. The molecule has 120 valence electrons. The molecule has 0 aromatic rings. The number of aliphatic carboxylic acids is 1. The van der Waals surface area contributed by atoms with Gasteiger partial charge in [-0.1, -0.05) is 25.7 Å². The van der Waals surface area contributed by atoms with Crippen molar-refractivity contribution < 1.29 is 14.7 Å². The summed E-state index contributed by atoms with van der Waals surface area (Å²) in [6.45, 7) is 1.65. The highest BCUT2D eigenvalue weighted by Gasteiger charge is 2.26. The lowest BCUT2D eigenvalue weighted by molar-refractivity contribution is -0.137. The number of piperidine rings is 1. The van der Waals surface area contributed by atoms with E-state index in [1.54, 1.807) is 0 Å². The first kappa shape index (κ1) is 16.3. The van der Waals surface area contributed by atoms with Crippen molar-refractivity contribution in [3.8, 4) is 0 Å². The van der Waals surface area contributed by atoms with Crippen molar-refractivity contribution in [3.05, 3.63) is 0 Å². The van der Waals surface area contributed by atoms with Crippen molar-refractivity contribution in [2.24, 2.45) is 11.8 Å². The molecule has 1 atom stereocenters. The molecule has 0 bridgehead atoms. The highest BCUT2D eigenvalue weighted by molar-refractivity contribution is 5.76. The monoisotopic (exact) mass is 295 g/mol. The van der Waals surface area contributed by atoms with Crippen molar-refractivity contribution >= 4 is 11.9 Å². The average molecular weight is 295 g/mol. The van der Waals surface area contributed by atoms with Crippen molar-refractivity contribution in [2.75, 3.05) is 13.1 Å². The molecule has 4 nitrogen and oxygen atoms in total. The molecule has 1 aliphatic heterocycles. The largest absolute Gasteiger partial charge is 0.481 e. The van der Waals surface area contributed by atoms with Gasteiger partial charge >= 0.3 is 5.97 Å². The number of hydrogen-bond donors (Lipinski definition) is 1. The highest BCUT2D eigenvalue weighted by atomic mass is 16.4.